The van der Waals surface area contributed by atoms with E-state index < -0.39 is 0 Å². The summed E-state index contributed by atoms with van der Waals surface area (Å²) in [6.45, 7) is 13.4. The maximum atomic E-state index is 6.08. The van der Waals surface area contributed by atoms with Gasteiger partial charge in [0, 0.05) is 31.7 Å². The summed E-state index contributed by atoms with van der Waals surface area (Å²) in [4.78, 5) is 5.01. The van der Waals surface area contributed by atoms with Crippen LogP contribution < -0.4 is 0 Å². The molecule has 3 nitrogen and oxygen atoms in total. The first-order valence-electron chi connectivity index (χ1n) is 6.64. The summed E-state index contributed by atoms with van der Waals surface area (Å²) >= 11 is 0. The van der Waals surface area contributed by atoms with Gasteiger partial charge in [-0.05, 0) is 40.5 Å². The predicted molar refractivity (Wildman–Crippen MR) is 66.5 cm³/mol. The second-order valence-electron chi connectivity index (χ2n) is 5.93. The molecule has 16 heavy (non-hydrogen) atoms. The average Bonchev–Trinajstić information content (AvgIpc) is 2.63. The van der Waals surface area contributed by atoms with E-state index in [2.05, 4.69) is 37.5 Å². The number of hydrogen-bond acceptors (Lipinski definition) is 3. The van der Waals surface area contributed by atoms with E-state index >= 15 is 0 Å². The fraction of sp³-hybridized carbons (Fsp3) is 1.00. The Kier molecular flexibility index (Phi) is 3.57. The van der Waals surface area contributed by atoms with Gasteiger partial charge in [-0.1, -0.05) is 0 Å². The number of hydrogen-bond donors (Lipinski definition) is 0. The van der Waals surface area contributed by atoms with Crippen molar-refractivity contribution in [3.05, 3.63) is 0 Å². The lowest BCUT2D eigenvalue weighted by molar-refractivity contribution is -0.0446. The summed E-state index contributed by atoms with van der Waals surface area (Å²) in [6.07, 6.45) is 2.41. The summed E-state index contributed by atoms with van der Waals surface area (Å²) in [5.41, 5.74) is 0.176. The topological polar surface area (TPSA) is 15.7 Å². The largest absolute Gasteiger partial charge is 0.358 e. The first kappa shape index (κ1) is 12.3. The average molecular weight is 226 g/mol. The van der Waals surface area contributed by atoms with Crippen molar-refractivity contribution in [2.75, 3.05) is 26.4 Å². The molecule has 2 fully saturated rings. The normalized spacial score (nSPS) is 27.4. The first-order chi connectivity index (χ1) is 7.52. The van der Waals surface area contributed by atoms with E-state index in [0.717, 1.165) is 13.3 Å². The Labute approximate surface area is 99.7 Å². The summed E-state index contributed by atoms with van der Waals surface area (Å²) in [6, 6.07) is 1.29. The molecule has 0 saturated carbocycles. The highest BCUT2D eigenvalue weighted by atomic mass is 16.5. The van der Waals surface area contributed by atoms with Gasteiger partial charge in [-0.15, -0.1) is 0 Å². The van der Waals surface area contributed by atoms with Crippen LogP contribution >= 0.6 is 0 Å². The molecule has 0 unspecified atom stereocenters. The van der Waals surface area contributed by atoms with Crippen molar-refractivity contribution in [2.24, 2.45) is 0 Å². The minimum atomic E-state index is 0.176. The molecule has 2 heterocycles. The van der Waals surface area contributed by atoms with Gasteiger partial charge in [-0.3, -0.25) is 4.90 Å². The van der Waals surface area contributed by atoms with Crippen LogP contribution in [0.3, 0.4) is 0 Å². The zero-order chi connectivity index (χ0) is 11.8. The molecule has 2 aliphatic rings. The van der Waals surface area contributed by atoms with E-state index in [-0.39, 0.29) is 5.60 Å². The Morgan fingerprint density at radius 2 is 1.50 bits per heavy atom. The summed E-state index contributed by atoms with van der Waals surface area (Å²) in [5, 5.41) is 0. The van der Waals surface area contributed by atoms with Gasteiger partial charge in [-0.25, -0.2) is 0 Å². The highest BCUT2D eigenvalue weighted by Crippen LogP contribution is 2.33. The molecular formula is C13H26N2O. The Balaban J connectivity index is 1.89. The monoisotopic (exact) mass is 226 g/mol. The lowest BCUT2D eigenvalue weighted by Crippen LogP contribution is -2.49. The third-order valence-corrected chi connectivity index (χ3v) is 4.20. The van der Waals surface area contributed by atoms with Gasteiger partial charge in [0.15, 0.2) is 0 Å². The number of ether oxygens (including phenoxy) is 1. The third-order valence-electron chi connectivity index (χ3n) is 4.20. The molecule has 0 aromatic carbocycles. The molecule has 94 valence electrons. The van der Waals surface area contributed by atoms with Crippen molar-refractivity contribution >= 4 is 0 Å². The van der Waals surface area contributed by atoms with E-state index in [4.69, 9.17) is 4.74 Å². The molecule has 0 aliphatic carbocycles. The van der Waals surface area contributed by atoms with E-state index in [1.54, 1.807) is 0 Å². The van der Waals surface area contributed by atoms with Crippen molar-refractivity contribution in [1.82, 2.24) is 9.80 Å². The lowest BCUT2D eigenvalue weighted by atomic mass is 9.90. The molecule has 0 amide bonds. The van der Waals surface area contributed by atoms with Crippen LogP contribution in [0.4, 0.5) is 0 Å². The SMILES string of the molecule is CC(C)N1CCC2(CC1)CN(C(C)C)CO2. The van der Waals surface area contributed by atoms with Gasteiger partial charge >= 0.3 is 0 Å². The van der Waals surface area contributed by atoms with E-state index in [9.17, 15) is 0 Å². The second kappa shape index (κ2) is 4.63. The Morgan fingerprint density at radius 3 is 1.94 bits per heavy atom. The van der Waals surface area contributed by atoms with Crippen LogP contribution in [0, 0.1) is 0 Å². The van der Waals surface area contributed by atoms with Gasteiger partial charge in [0.25, 0.3) is 0 Å². The number of likely N-dealkylation sites (tertiary alicyclic amines) is 1. The smallest absolute Gasteiger partial charge is 0.100 e. The molecule has 3 heteroatoms. The quantitative estimate of drug-likeness (QED) is 0.715. The van der Waals surface area contributed by atoms with Gasteiger partial charge in [0.1, 0.15) is 6.73 Å². The number of piperidine rings is 1. The van der Waals surface area contributed by atoms with Gasteiger partial charge in [-0.2, -0.15) is 0 Å². The fourth-order valence-electron chi connectivity index (χ4n) is 2.76. The summed E-state index contributed by atoms with van der Waals surface area (Å²) in [5.74, 6) is 0. The molecule has 2 aliphatic heterocycles. The van der Waals surface area contributed by atoms with Crippen LogP contribution in [0.15, 0.2) is 0 Å². The molecule has 2 saturated heterocycles. The standard InChI is InChI=1S/C13H26N2O/c1-11(2)14-7-5-13(6-8-14)9-15(10-16-13)12(3)4/h11-12H,5-10H2,1-4H3. The van der Waals surface area contributed by atoms with Crippen molar-refractivity contribution in [3.8, 4) is 0 Å². The molecule has 0 bridgehead atoms. The van der Waals surface area contributed by atoms with Crippen LogP contribution in [-0.2, 0) is 4.74 Å². The minimum absolute atomic E-state index is 0.176. The molecule has 2 rings (SSSR count). The van der Waals surface area contributed by atoms with E-state index in [0.29, 0.717) is 12.1 Å². The molecule has 0 aromatic rings. The molecule has 0 N–H and O–H groups in total. The van der Waals surface area contributed by atoms with E-state index in [1.807, 2.05) is 0 Å². The molecule has 1 spiro atoms. The Bertz CT molecular complexity index is 232. The summed E-state index contributed by atoms with van der Waals surface area (Å²) < 4.78 is 6.08. The molecular weight excluding hydrogens is 200 g/mol. The molecule has 0 atom stereocenters. The predicted octanol–water partition coefficient (Wildman–Crippen LogP) is 1.93. The highest BCUT2D eigenvalue weighted by molar-refractivity contribution is 4.94. The van der Waals surface area contributed by atoms with Crippen molar-refractivity contribution in [3.63, 3.8) is 0 Å². The number of rotatable bonds is 2. The Morgan fingerprint density at radius 1 is 0.938 bits per heavy atom. The lowest BCUT2D eigenvalue weighted by Gasteiger charge is -2.40. The van der Waals surface area contributed by atoms with Crippen LogP contribution in [0.2, 0.25) is 0 Å². The zero-order valence-electron chi connectivity index (χ0n) is 11.2. The van der Waals surface area contributed by atoms with Crippen molar-refractivity contribution in [1.29, 1.82) is 0 Å². The third kappa shape index (κ3) is 2.41. The van der Waals surface area contributed by atoms with Gasteiger partial charge < -0.3 is 9.64 Å². The molecule has 0 radical (unpaired) electrons. The van der Waals surface area contributed by atoms with Crippen LogP contribution in [0.25, 0.3) is 0 Å². The van der Waals surface area contributed by atoms with Crippen LogP contribution in [0.1, 0.15) is 40.5 Å². The van der Waals surface area contributed by atoms with Crippen molar-refractivity contribution < 1.29 is 4.74 Å². The fourth-order valence-corrected chi connectivity index (χ4v) is 2.76. The van der Waals surface area contributed by atoms with Crippen LogP contribution in [-0.4, -0.2) is 53.8 Å². The van der Waals surface area contributed by atoms with Crippen LogP contribution in [0.5, 0.6) is 0 Å². The maximum absolute atomic E-state index is 6.08. The minimum Gasteiger partial charge on any atom is -0.358 e. The summed E-state index contributed by atoms with van der Waals surface area (Å²) in [7, 11) is 0. The van der Waals surface area contributed by atoms with Gasteiger partial charge in [0.2, 0.25) is 0 Å². The zero-order valence-corrected chi connectivity index (χ0v) is 11.2. The van der Waals surface area contributed by atoms with Gasteiger partial charge in [0.05, 0.1) is 5.60 Å². The van der Waals surface area contributed by atoms with Crippen molar-refractivity contribution in [2.45, 2.75) is 58.2 Å². The van der Waals surface area contributed by atoms with E-state index in [1.165, 1.54) is 25.9 Å². The Hall–Kier alpha value is -0.120. The first-order valence-corrected chi connectivity index (χ1v) is 6.64. The second-order valence-corrected chi connectivity index (χ2v) is 5.93. The maximum Gasteiger partial charge on any atom is 0.100 e. The molecule has 0 aromatic heterocycles. The highest BCUT2D eigenvalue weighted by Gasteiger charge is 2.42. The number of nitrogens with zero attached hydrogens (tertiary/aromatic N) is 2.